The van der Waals surface area contributed by atoms with Crippen molar-refractivity contribution in [3.63, 3.8) is 0 Å². The van der Waals surface area contributed by atoms with Gasteiger partial charge in [-0.1, -0.05) is 18.7 Å². The van der Waals surface area contributed by atoms with Gasteiger partial charge in [-0.15, -0.1) is 0 Å². The van der Waals surface area contributed by atoms with E-state index in [4.69, 9.17) is 0 Å². The molecule has 1 unspecified atom stereocenters. The Labute approximate surface area is 87.5 Å². The molecule has 1 rings (SSSR count). The quantitative estimate of drug-likeness (QED) is 0.559. The molecule has 14 heavy (non-hydrogen) atoms. The van der Waals surface area contributed by atoms with Gasteiger partial charge < -0.3 is 10.3 Å². The molecular formula is C9H15N3OS. The van der Waals surface area contributed by atoms with Crippen LogP contribution in [0.4, 0.5) is 0 Å². The van der Waals surface area contributed by atoms with E-state index in [-0.39, 0.29) is 5.56 Å². The Bertz CT molecular complexity index is 326. The lowest BCUT2D eigenvalue weighted by molar-refractivity contribution is 0.603. The number of thioether (sulfide) groups is 1. The zero-order chi connectivity index (χ0) is 10.4. The van der Waals surface area contributed by atoms with Crippen LogP contribution < -0.4 is 10.9 Å². The van der Waals surface area contributed by atoms with Crippen molar-refractivity contribution < 1.29 is 0 Å². The van der Waals surface area contributed by atoms with E-state index in [1.807, 2.05) is 7.05 Å². The molecular weight excluding hydrogens is 198 g/mol. The largest absolute Gasteiger partial charge is 0.319 e. The molecule has 0 saturated heterocycles. The minimum absolute atomic E-state index is 0.0937. The van der Waals surface area contributed by atoms with Crippen molar-refractivity contribution in [1.82, 2.24) is 15.3 Å². The summed E-state index contributed by atoms with van der Waals surface area (Å²) in [6.45, 7) is 3.13. The Morgan fingerprint density at radius 1 is 1.71 bits per heavy atom. The molecule has 0 aliphatic rings. The molecule has 0 radical (unpaired) electrons. The fourth-order valence-electron chi connectivity index (χ4n) is 1.05. The molecule has 1 aromatic heterocycles. The Kier molecular flexibility index (Phi) is 4.69. The van der Waals surface area contributed by atoms with Gasteiger partial charge in [-0.25, -0.2) is 4.98 Å². The number of nitrogens with one attached hydrogen (secondary N) is 2. The smallest absolute Gasteiger partial charge is 0.251 e. The van der Waals surface area contributed by atoms with Crippen molar-refractivity contribution in [2.45, 2.75) is 12.1 Å². The molecule has 0 saturated carbocycles. The van der Waals surface area contributed by atoms with Gasteiger partial charge in [-0.2, -0.15) is 0 Å². The van der Waals surface area contributed by atoms with Crippen molar-refractivity contribution in [1.29, 1.82) is 0 Å². The summed E-state index contributed by atoms with van der Waals surface area (Å²) in [6.07, 6.45) is 1.53. The molecule has 1 atom stereocenters. The van der Waals surface area contributed by atoms with Gasteiger partial charge in [-0.05, 0) is 19.5 Å². The number of nitrogens with zero attached hydrogens (tertiary/aromatic N) is 1. The van der Waals surface area contributed by atoms with Crippen LogP contribution in [0.5, 0.6) is 0 Å². The van der Waals surface area contributed by atoms with E-state index in [9.17, 15) is 4.79 Å². The van der Waals surface area contributed by atoms with E-state index in [0.29, 0.717) is 11.1 Å². The van der Waals surface area contributed by atoms with E-state index in [2.05, 4.69) is 22.2 Å². The van der Waals surface area contributed by atoms with E-state index in [1.165, 1.54) is 12.3 Å². The maximum Gasteiger partial charge on any atom is 0.251 e. The van der Waals surface area contributed by atoms with E-state index in [0.717, 1.165) is 12.3 Å². The fourth-order valence-corrected chi connectivity index (χ4v) is 1.92. The molecule has 0 bridgehead atoms. The average Bonchev–Trinajstić information content (AvgIpc) is 2.15. The molecule has 78 valence electrons. The normalized spacial score (nSPS) is 12.7. The second kappa shape index (κ2) is 5.82. The second-order valence-electron chi connectivity index (χ2n) is 3.21. The molecule has 0 fully saturated rings. The SMILES string of the molecule is CNCC(C)CSc1nccc(=O)[nH]1. The zero-order valence-corrected chi connectivity index (χ0v) is 9.23. The fraction of sp³-hybridized carbons (Fsp3) is 0.556. The van der Waals surface area contributed by atoms with Crippen molar-refractivity contribution in [2.24, 2.45) is 5.92 Å². The predicted molar refractivity (Wildman–Crippen MR) is 58.7 cm³/mol. The van der Waals surface area contributed by atoms with Crippen LogP contribution in [0.3, 0.4) is 0 Å². The van der Waals surface area contributed by atoms with Crippen molar-refractivity contribution in [2.75, 3.05) is 19.3 Å². The van der Waals surface area contributed by atoms with Gasteiger partial charge in [-0.3, -0.25) is 4.79 Å². The highest BCUT2D eigenvalue weighted by molar-refractivity contribution is 7.99. The molecule has 0 aliphatic heterocycles. The summed E-state index contributed by atoms with van der Waals surface area (Å²) < 4.78 is 0. The van der Waals surface area contributed by atoms with Gasteiger partial charge in [0.25, 0.3) is 5.56 Å². The van der Waals surface area contributed by atoms with Crippen LogP contribution in [0.2, 0.25) is 0 Å². The Hall–Kier alpha value is -0.810. The van der Waals surface area contributed by atoms with Gasteiger partial charge in [0.1, 0.15) is 0 Å². The first kappa shape index (κ1) is 11.3. The van der Waals surface area contributed by atoms with Crippen LogP contribution in [-0.4, -0.2) is 29.3 Å². The van der Waals surface area contributed by atoms with E-state index < -0.39 is 0 Å². The Morgan fingerprint density at radius 2 is 2.50 bits per heavy atom. The molecule has 0 aliphatic carbocycles. The molecule has 4 nitrogen and oxygen atoms in total. The summed E-state index contributed by atoms with van der Waals surface area (Å²) in [5, 5.41) is 3.80. The van der Waals surface area contributed by atoms with E-state index in [1.54, 1.807) is 11.8 Å². The van der Waals surface area contributed by atoms with Crippen LogP contribution in [0.25, 0.3) is 0 Å². The first-order valence-corrected chi connectivity index (χ1v) is 5.53. The number of rotatable bonds is 5. The average molecular weight is 213 g/mol. The van der Waals surface area contributed by atoms with Crippen molar-refractivity contribution in [3.05, 3.63) is 22.6 Å². The number of hydrogen-bond donors (Lipinski definition) is 2. The third-order valence-corrected chi connectivity index (χ3v) is 2.92. The molecule has 0 aromatic carbocycles. The number of hydrogen-bond acceptors (Lipinski definition) is 4. The minimum atomic E-state index is -0.0937. The summed E-state index contributed by atoms with van der Waals surface area (Å²) in [4.78, 5) is 17.7. The molecule has 5 heteroatoms. The van der Waals surface area contributed by atoms with Gasteiger partial charge in [0.2, 0.25) is 0 Å². The first-order valence-electron chi connectivity index (χ1n) is 4.55. The molecule has 0 amide bonds. The molecule has 1 aromatic rings. The van der Waals surface area contributed by atoms with E-state index >= 15 is 0 Å². The topological polar surface area (TPSA) is 57.8 Å². The monoisotopic (exact) mass is 213 g/mol. The summed E-state index contributed by atoms with van der Waals surface area (Å²) in [6, 6.07) is 1.42. The highest BCUT2D eigenvalue weighted by Gasteiger charge is 2.02. The summed E-state index contributed by atoms with van der Waals surface area (Å²) in [5.74, 6) is 1.52. The Morgan fingerprint density at radius 3 is 3.14 bits per heavy atom. The summed E-state index contributed by atoms with van der Waals surface area (Å²) >= 11 is 1.58. The predicted octanol–water partition coefficient (Wildman–Crippen LogP) is 0.718. The van der Waals surface area contributed by atoms with Gasteiger partial charge in [0.05, 0.1) is 0 Å². The minimum Gasteiger partial charge on any atom is -0.319 e. The van der Waals surface area contributed by atoms with Gasteiger partial charge in [0.15, 0.2) is 5.16 Å². The van der Waals surface area contributed by atoms with Gasteiger partial charge >= 0.3 is 0 Å². The number of H-pyrrole nitrogens is 1. The lowest BCUT2D eigenvalue weighted by atomic mass is 10.2. The lowest BCUT2D eigenvalue weighted by Crippen LogP contribution is -2.18. The summed E-state index contributed by atoms with van der Waals surface area (Å²) in [5.41, 5.74) is -0.0937. The Balaban J connectivity index is 2.41. The third kappa shape index (κ3) is 3.93. The van der Waals surface area contributed by atoms with Gasteiger partial charge in [0, 0.05) is 18.0 Å². The van der Waals surface area contributed by atoms with Crippen molar-refractivity contribution in [3.8, 4) is 0 Å². The third-order valence-electron chi connectivity index (χ3n) is 1.70. The molecule has 0 spiro atoms. The number of aromatic amines is 1. The number of aromatic nitrogens is 2. The van der Waals surface area contributed by atoms with Crippen LogP contribution in [0.1, 0.15) is 6.92 Å². The van der Waals surface area contributed by atoms with Crippen LogP contribution >= 0.6 is 11.8 Å². The van der Waals surface area contributed by atoms with Crippen molar-refractivity contribution >= 4 is 11.8 Å². The zero-order valence-electron chi connectivity index (χ0n) is 8.41. The second-order valence-corrected chi connectivity index (χ2v) is 4.22. The summed E-state index contributed by atoms with van der Waals surface area (Å²) in [7, 11) is 1.93. The first-order chi connectivity index (χ1) is 6.72. The van der Waals surface area contributed by atoms with Crippen LogP contribution in [-0.2, 0) is 0 Å². The maximum absolute atomic E-state index is 10.9. The van der Waals surface area contributed by atoms with Crippen LogP contribution in [0, 0.1) is 5.92 Å². The molecule has 1 heterocycles. The van der Waals surface area contributed by atoms with Crippen LogP contribution in [0.15, 0.2) is 22.2 Å². The molecule has 2 N–H and O–H groups in total. The standard InChI is InChI=1S/C9H15N3OS/c1-7(5-10-2)6-14-9-11-4-3-8(13)12-9/h3-4,7,10H,5-6H2,1-2H3,(H,11,12,13). The highest BCUT2D eigenvalue weighted by Crippen LogP contribution is 2.13. The lowest BCUT2D eigenvalue weighted by Gasteiger charge is -2.08. The maximum atomic E-state index is 10.9. The highest BCUT2D eigenvalue weighted by atomic mass is 32.2.